The molecule has 9 heteroatoms. The van der Waals surface area contributed by atoms with E-state index in [1.165, 1.54) is 11.8 Å². The predicted octanol–water partition coefficient (Wildman–Crippen LogP) is 5.73. The highest BCUT2D eigenvalue weighted by atomic mass is 35.5. The molecular weight excluding hydrogens is 470 g/mol. The molecule has 2 aromatic heterocycles. The van der Waals surface area contributed by atoms with E-state index in [4.69, 9.17) is 16.3 Å². The van der Waals surface area contributed by atoms with Crippen molar-refractivity contribution in [1.82, 2.24) is 19.7 Å². The van der Waals surface area contributed by atoms with Crippen LogP contribution in [0.15, 0.2) is 66.1 Å². The number of carbonyl (C=O) groups excluding carboxylic acids is 1. The Bertz CT molecular complexity index is 1310. The molecule has 0 saturated carbocycles. The second-order valence-electron chi connectivity index (χ2n) is 7.76. The summed E-state index contributed by atoms with van der Waals surface area (Å²) in [4.78, 5) is 17.2. The molecule has 0 aliphatic carbocycles. The Morgan fingerprint density at radius 1 is 1.09 bits per heavy atom. The second-order valence-corrected chi connectivity index (χ2v) is 9.48. The average molecular weight is 494 g/mol. The van der Waals surface area contributed by atoms with Gasteiger partial charge >= 0.3 is 0 Å². The van der Waals surface area contributed by atoms with Gasteiger partial charge in [0.05, 0.1) is 18.0 Å². The van der Waals surface area contributed by atoms with Crippen molar-refractivity contribution < 1.29 is 9.53 Å². The molecule has 1 N–H and O–H groups in total. The first kappa shape index (κ1) is 23.8. The SMILES string of the molecule is COc1cc(Cl)c(C)cc1NC(=O)C(C)Sc1nnc(-c2ccncc2)n1-c1ccc(C)cc1. The van der Waals surface area contributed by atoms with Crippen LogP contribution in [0.4, 0.5) is 5.69 Å². The molecular formula is C25H24ClN5O2S. The van der Waals surface area contributed by atoms with E-state index in [9.17, 15) is 4.79 Å². The smallest absolute Gasteiger partial charge is 0.237 e. The lowest BCUT2D eigenvalue weighted by atomic mass is 10.2. The molecule has 0 aliphatic heterocycles. The van der Waals surface area contributed by atoms with Crippen molar-refractivity contribution in [2.24, 2.45) is 0 Å². The number of ether oxygens (including phenoxy) is 1. The van der Waals surface area contributed by atoms with Gasteiger partial charge in [-0.2, -0.15) is 0 Å². The molecule has 0 fully saturated rings. The van der Waals surface area contributed by atoms with Crippen LogP contribution in [0.3, 0.4) is 0 Å². The Labute approximate surface area is 207 Å². The fraction of sp³-hybridized carbons (Fsp3) is 0.200. The maximum atomic E-state index is 13.1. The van der Waals surface area contributed by atoms with Crippen LogP contribution >= 0.6 is 23.4 Å². The molecule has 34 heavy (non-hydrogen) atoms. The Morgan fingerprint density at radius 3 is 2.47 bits per heavy atom. The maximum Gasteiger partial charge on any atom is 0.237 e. The van der Waals surface area contributed by atoms with Gasteiger partial charge in [-0.1, -0.05) is 41.1 Å². The summed E-state index contributed by atoms with van der Waals surface area (Å²) in [5.74, 6) is 0.995. The molecule has 0 bridgehead atoms. The molecule has 0 aliphatic rings. The average Bonchev–Trinajstić information content (AvgIpc) is 3.25. The van der Waals surface area contributed by atoms with E-state index in [1.807, 2.05) is 61.7 Å². The highest BCUT2D eigenvalue weighted by molar-refractivity contribution is 8.00. The normalized spacial score (nSPS) is 11.8. The van der Waals surface area contributed by atoms with Crippen LogP contribution in [0, 0.1) is 13.8 Å². The Kier molecular flexibility index (Phi) is 7.19. The van der Waals surface area contributed by atoms with E-state index in [0.717, 1.165) is 22.4 Å². The number of methoxy groups -OCH3 is 1. The van der Waals surface area contributed by atoms with Gasteiger partial charge in [0.1, 0.15) is 5.75 Å². The Hall–Kier alpha value is -3.36. The van der Waals surface area contributed by atoms with Crippen molar-refractivity contribution in [2.75, 3.05) is 12.4 Å². The molecule has 1 atom stereocenters. The highest BCUT2D eigenvalue weighted by Crippen LogP contribution is 2.33. The predicted molar refractivity (Wildman–Crippen MR) is 136 cm³/mol. The number of aromatic nitrogens is 4. The molecule has 0 saturated heterocycles. The summed E-state index contributed by atoms with van der Waals surface area (Å²) in [7, 11) is 1.54. The van der Waals surface area contributed by atoms with E-state index in [2.05, 4.69) is 20.5 Å². The zero-order valence-corrected chi connectivity index (χ0v) is 20.8. The number of aryl methyl sites for hydroxylation is 2. The van der Waals surface area contributed by atoms with Gasteiger partial charge < -0.3 is 10.1 Å². The number of hydrogen-bond acceptors (Lipinski definition) is 6. The van der Waals surface area contributed by atoms with Crippen LogP contribution in [0.2, 0.25) is 5.02 Å². The van der Waals surface area contributed by atoms with Gasteiger partial charge in [-0.25, -0.2) is 0 Å². The summed E-state index contributed by atoms with van der Waals surface area (Å²) in [5, 5.41) is 12.5. The molecule has 0 spiro atoms. The third kappa shape index (κ3) is 5.08. The van der Waals surface area contributed by atoms with E-state index < -0.39 is 5.25 Å². The van der Waals surface area contributed by atoms with Gasteiger partial charge in [0.15, 0.2) is 11.0 Å². The first-order valence-corrected chi connectivity index (χ1v) is 11.9. The lowest BCUT2D eigenvalue weighted by molar-refractivity contribution is -0.115. The van der Waals surface area contributed by atoms with Crippen LogP contribution in [0.1, 0.15) is 18.1 Å². The number of rotatable bonds is 7. The van der Waals surface area contributed by atoms with Crippen LogP contribution < -0.4 is 10.1 Å². The van der Waals surface area contributed by atoms with Crippen LogP contribution in [0.5, 0.6) is 5.75 Å². The van der Waals surface area contributed by atoms with E-state index >= 15 is 0 Å². The molecule has 4 aromatic rings. The number of pyridine rings is 1. The largest absolute Gasteiger partial charge is 0.495 e. The maximum absolute atomic E-state index is 13.1. The number of nitrogens with zero attached hydrogens (tertiary/aromatic N) is 4. The minimum atomic E-state index is -0.459. The van der Waals surface area contributed by atoms with Crippen molar-refractivity contribution in [1.29, 1.82) is 0 Å². The number of hydrogen-bond donors (Lipinski definition) is 1. The quantitative estimate of drug-likeness (QED) is 0.331. The number of halogens is 1. The summed E-state index contributed by atoms with van der Waals surface area (Å²) >= 11 is 7.52. The van der Waals surface area contributed by atoms with Crippen molar-refractivity contribution in [2.45, 2.75) is 31.2 Å². The molecule has 0 radical (unpaired) electrons. The number of nitrogens with one attached hydrogen (secondary N) is 1. The zero-order valence-electron chi connectivity index (χ0n) is 19.2. The van der Waals surface area contributed by atoms with Crippen molar-refractivity contribution in [3.63, 3.8) is 0 Å². The number of carbonyl (C=O) groups is 1. The minimum Gasteiger partial charge on any atom is -0.495 e. The van der Waals surface area contributed by atoms with Crippen LogP contribution in [0.25, 0.3) is 17.1 Å². The van der Waals surface area contributed by atoms with E-state index in [1.54, 1.807) is 31.6 Å². The van der Waals surface area contributed by atoms with Crippen molar-refractivity contribution >= 4 is 35.0 Å². The van der Waals surface area contributed by atoms with Crippen molar-refractivity contribution in [3.8, 4) is 22.8 Å². The first-order valence-electron chi connectivity index (χ1n) is 10.6. The molecule has 1 amide bonds. The topological polar surface area (TPSA) is 81.9 Å². The number of benzene rings is 2. The van der Waals surface area contributed by atoms with Crippen molar-refractivity contribution in [3.05, 3.63) is 77.1 Å². The first-order chi connectivity index (χ1) is 16.4. The second kappa shape index (κ2) is 10.3. The van der Waals surface area contributed by atoms with Gasteiger partial charge in [0.2, 0.25) is 5.91 Å². The molecule has 2 aromatic carbocycles. The summed E-state index contributed by atoms with van der Waals surface area (Å²) in [6.07, 6.45) is 3.43. The zero-order chi connectivity index (χ0) is 24.2. The summed E-state index contributed by atoms with van der Waals surface area (Å²) in [5.41, 5.74) is 4.36. The summed E-state index contributed by atoms with van der Waals surface area (Å²) < 4.78 is 7.34. The lowest BCUT2D eigenvalue weighted by Gasteiger charge is -2.16. The third-order valence-corrected chi connectivity index (χ3v) is 6.70. The minimum absolute atomic E-state index is 0.186. The van der Waals surface area contributed by atoms with E-state index in [0.29, 0.717) is 27.4 Å². The number of thioether (sulfide) groups is 1. The van der Waals surface area contributed by atoms with Gasteiger partial charge in [-0.3, -0.25) is 14.3 Å². The standard InChI is InChI=1S/C25H24ClN5O2S/c1-15-5-7-19(8-6-15)31-23(18-9-11-27-12-10-18)29-30-25(31)34-17(3)24(32)28-21-13-16(2)20(26)14-22(21)33-4/h5-14,17H,1-4H3,(H,28,32). The fourth-order valence-corrected chi connectivity index (χ4v) is 4.36. The van der Waals surface area contributed by atoms with Gasteiger partial charge in [0.25, 0.3) is 0 Å². The van der Waals surface area contributed by atoms with Gasteiger partial charge in [-0.15, -0.1) is 10.2 Å². The number of anilines is 1. The monoisotopic (exact) mass is 493 g/mol. The Balaban J connectivity index is 1.64. The van der Waals surface area contributed by atoms with Gasteiger partial charge in [-0.05, 0) is 56.7 Å². The van der Waals surface area contributed by atoms with Crippen LogP contribution in [-0.2, 0) is 4.79 Å². The van der Waals surface area contributed by atoms with Gasteiger partial charge in [0, 0.05) is 34.7 Å². The van der Waals surface area contributed by atoms with E-state index in [-0.39, 0.29) is 5.91 Å². The Morgan fingerprint density at radius 2 is 1.79 bits per heavy atom. The molecule has 2 heterocycles. The summed E-state index contributed by atoms with van der Waals surface area (Å²) in [6, 6.07) is 15.4. The van der Waals surface area contributed by atoms with Crippen LogP contribution in [-0.4, -0.2) is 38.0 Å². The number of amides is 1. The lowest BCUT2D eigenvalue weighted by Crippen LogP contribution is -2.23. The highest BCUT2D eigenvalue weighted by Gasteiger charge is 2.23. The third-order valence-electron chi connectivity index (χ3n) is 5.25. The molecule has 7 nitrogen and oxygen atoms in total. The molecule has 174 valence electrons. The fourth-order valence-electron chi connectivity index (χ4n) is 3.34. The summed E-state index contributed by atoms with van der Waals surface area (Å²) in [6.45, 7) is 5.74. The molecule has 4 rings (SSSR count). The molecule has 1 unspecified atom stereocenters.